The second-order valence-corrected chi connectivity index (χ2v) is 9.86. The Bertz CT molecular complexity index is 1060. The molecule has 0 unspecified atom stereocenters. The van der Waals surface area contributed by atoms with Gasteiger partial charge in [-0.3, -0.25) is 14.9 Å². The number of benzene rings is 1. The molecular formula is C20H19F2N3O4S2. The molecule has 3 atom stereocenters. The van der Waals surface area contributed by atoms with Crippen molar-refractivity contribution in [2.75, 3.05) is 11.1 Å². The molecule has 3 heterocycles. The maximum Gasteiger partial charge on any atom is 0.330 e. The van der Waals surface area contributed by atoms with Crippen LogP contribution in [0.5, 0.6) is 0 Å². The van der Waals surface area contributed by atoms with Crippen LogP contribution in [0.25, 0.3) is 11.3 Å². The van der Waals surface area contributed by atoms with Gasteiger partial charge >= 0.3 is 5.97 Å². The highest BCUT2D eigenvalue weighted by atomic mass is 32.2. The number of carbonyl (C=O) groups is 3. The minimum atomic E-state index is -1.10. The van der Waals surface area contributed by atoms with E-state index in [0.29, 0.717) is 29.9 Å². The summed E-state index contributed by atoms with van der Waals surface area (Å²) in [7, 11) is 0. The number of nitrogens with zero attached hydrogens (tertiary/aromatic N) is 2. The molecule has 2 aromatic rings. The molecule has 2 fully saturated rings. The monoisotopic (exact) mass is 467 g/mol. The molecule has 7 nitrogen and oxygen atoms in total. The molecule has 1 aromatic heterocycles. The van der Waals surface area contributed by atoms with Gasteiger partial charge in [0.2, 0.25) is 5.91 Å². The number of thiazole rings is 1. The molecule has 2 amide bonds. The van der Waals surface area contributed by atoms with Crippen LogP contribution in [-0.2, 0) is 19.1 Å². The zero-order chi connectivity index (χ0) is 22.3. The molecule has 164 valence electrons. The molecule has 31 heavy (non-hydrogen) atoms. The second kappa shape index (κ2) is 8.19. The summed E-state index contributed by atoms with van der Waals surface area (Å²) in [5, 5.41) is 4.37. The normalized spacial score (nSPS) is 23.5. The van der Waals surface area contributed by atoms with E-state index in [2.05, 4.69) is 10.3 Å². The SMILES string of the molecule is C[C@H](OC(=O)[C@@H]1CS[C@@]2(C)CCC(=O)N12)C(=O)Nc1nc(-c2ccc(F)c(F)c2)cs1. The van der Waals surface area contributed by atoms with Gasteiger partial charge in [0.05, 0.1) is 10.6 Å². The number of hydrogen-bond donors (Lipinski definition) is 1. The standard InChI is InChI=1S/C20H19F2N3O4S2/c1-10(29-18(28)15-9-31-20(2)6-5-16(26)25(15)20)17(27)24-19-23-14(8-30-19)11-3-4-12(21)13(22)7-11/h3-4,7-8,10,15H,5-6,9H2,1-2H3,(H,23,24,27)/t10-,15-,20-/m0/s1. The topological polar surface area (TPSA) is 88.6 Å². The Kier molecular flexibility index (Phi) is 5.73. The molecule has 0 saturated carbocycles. The van der Waals surface area contributed by atoms with Gasteiger partial charge in [0, 0.05) is 23.1 Å². The first-order valence-electron chi connectivity index (χ1n) is 9.56. The van der Waals surface area contributed by atoms with Gasteiger partial charge in [-0.05, 0) is 38.5 Å². The van der Waals surface area contributed by atoms with E-state index in [1.54, 1.807) is 22.0 Å². The van der Waals surface area contributed by atoms with Crippen LogP contribution in [0.3, 0.4) is 0 Å². The quantitative estimate of drug-likeness (QED) is 0.678. The fourth-order valence-corrected chi connectivity index (χ4v) is 5.77. The predicted molar refractivity (Wildman–Crippen MR) is 112 cm³/mol. The van der Waals surface area contributed by atoms with Crippen LogP contribution in [0, 0.1) is 11.6 Å². The number of carbonyl (C=O) groups excluding carboxylic acids is 3. The van der Waals surface area contributed by atoms with Crippen LogP contribution in [0.1, 0.15) is 26.7 Å². The largest absolute Gasteiger partial charge is 0.451 e. The number of fused-ring (bicyclic) bond motifs is 1. The first-order valence-corrected chi connectivity index (χ1v) is 11.4. The molecule has 0 spiro atoms. The van der Waals surface area contributed by atoms with Crippen LogP contribution in [0.15, 0.2) is 23.6 Å². The van der Waals surface area contributed by atoms with E-state index in [9.17, 15) is 23.2 Å². The van der Waals surface area contributed by atoms with Gasteiger partial charge < -0.3 is 9.64 Å². The number of rotatable bonds is 5. The highest BCUT2D eigenvalue weighted by Crippen LogP contribution is 2.47. The van der Waals surface area contributed by atoms with Crippen molar-refractivity contribution < 1.29 is 27.9 Å². The lowest BCUT2D eigenvalue weighted by molar-refractivity contribution is -0.160. The highest BCUT2D eigenvalue weighted by molar-refractivity contribution is 8.01. The van der Waals surface area contributed by atoms with Crippen LogP contribution in [0.4, 0.5) is 13.9 Å². The van der Waals surface area contributed by atoms with Gasteiger partial charge in [0.1, 0.15) is 6.04 Å². The fraction of sp³-hybridized carbons (Fsp3) is 0.400. The first kappa shape index (κ1) is 21.7. The first-order chi connectivity index (χ1) is 14.7. The number of halogens is 2. The van der Waals surface area contributed by atoms with E-state index in [1.807, 2.05) is 6.92 Å². The smallest absolute Gasteiger partial charge is 0.330 e. The van der Waals surface area contributed by atoms with Gasteiger partial charge in [0.15, 0.2) is 22.9 Å². The minimum Gasteiger partial charge on any atom is -0.451 e. The van der Waals surface area contributed by atoms with E-state index < -0.39 is 40.5 Å². The molecular weight excluding hydrogens is 448 g/mol. The maximum absolute atomic E-state index is 13.4. The Hall–Kier alpha value is -2.53. The molecule has 0 radical (unpaired) electrons. The Balaban J connectivity index is 1.37. The van der Waals surface area contributed by atoms with Gasteiger partial charge in [-0.25, -0.2) is 18.6 Å². The van der Waals surface area contributed by atoms with Crippen molar-refractivity contribution in [2.45, 2.75) is 43.7 Å². The van der Waals surface area contributed by atoms with E-state index >= 15 is 0 Å². The van der Waals surface area contributed by atoms with Gasteiger partial charge in [-0.2, -0.15) is 0 Å². The zero-order valence-corrected chi connectivity index (χ0v) is 18.3. The average Bonchev–Trinajstić information content (AvgIpc) is 3.40. The van der Waals surface area contributed by atoms with Crippen molar-refractivity contribution in [1.29, 1.82) is 0 Å². The van der Waals surface area contributed by atoms with Crippen molar-refractivity contribution in [1.82, 2.24) is 9.88 Å². The molecule has 0 bridgehead atoms. The van der Waals surface area contributed by atoms with Gasteiger partial charge in [0.25, 0.3) is 5.91 Å². The van der Waals surface area contributed by atoms with Crippen LogP contribution in [-0.4, -0.2) is 50.4 Å². The van der Waals surface area contributed by atoms with E-state index in [1.165, 1.54) is 13.0 Å². The van der Waals surface area contributed by atoms with Crippen LogP contribution in [0.2, 0.25) is 0 Å². The second-order valence-electron chi connectivity index (χ2n) is 7.50. The maximum atomic E-state index is 13.4. The number of ether oxygens (including phenoxy) is 1. The van der Waals surface area contributed by atoms with Crippen molar-refractivity contribution in [3.63, 3.8) is 0 Å². The van der Waals surface area contributed by atoms with Crippen molar-refractivity contribution in [2.24, 2.45) is 0 Å². The van der Waals surface area contributed by atoms with Crippen molar-refractivity contribution >= 4 is 46.0 Å². The Morgan fingerprint density at radius 2 is 2.13 bits per heavy atom. The Morgan fingerprint density at radius 1 is 1.35 bits per heavy atom. The number of esters is 1. The molecule has 1 aromatic carbocycles. The Labute approximate surface area is 185 Å². The molecule has 4 rings (SSSR count). The summed E-state index contributed by atoms with van der Waals surface area (Å²) in [6.45, 7) is 3.36. The van der Waals surface area contributed by atoms with Crippen LogP contribution < -0.4 is 5.32 Å². The van der Waals surface area contributed by atoms with E-state index in [4.69, 9.17) is 4.74 Å². The number of nitrogens with one attached hydrogen (secondary N) is 1. The summed E-state index contributed by atoms with van der Waals surface area (Å²) in [6.07, 6.45) is -0.0217. The van der Waals surface area contributed by atoms with Crippen molar-refractivity contribution in [3.05, 3.63) is 35.2 Å². The predicted octanol–water partition coefficient (Wildman–Crippen LogP) is 3.41. The number of anilines is 1. The number of thioether (sulfide) groups is 1. The third-order valence-corrected chi connectivity index (χ3v) is 7.59. The third kappa shape index (κ3) is 4.16. The molecule has 2 aliphatic heterocycles. The number of aromatic nitrogens is 1. The average molecular weight is 468 g/mol. The summed E-state index contributed by atoms with van der Waals surface area (Å²) in [6, 6.07) is 2.70. The molecule has 1 N–H and O–H groups in total. The summed E-state index contributed by atoms with van der Waals surface area (Å²) >= 11 is 2.64. The molecule has 2 aliphatic rings. The Morgan fingerprint density at radius 3 is 2.87 bits per heavy atom. The molecule has 2 saturated heterocycles. The lowest BCUT2D eigenvalue weighted by Crippen LogP contribution is -2.48. The fourth-order valence-electron chi connectivity index (χ4n) is 3.63. The lowest BCUT2D eigenvalue weighted by atomic mass is 10.2. The van der Waals surface area contributed by atoms with E-state index in [-0.39, 0.29) is 11.0 Å². The third-order valence-electron chi connectivity index (χ3n) is 5.33. The minimum absolute atomic E-state index is 0.0842. The zero-order valence-electron chi connectivity index (χ0n) is 16.7. The van der Waals surface area contributed by atoms with Gasteiger partial charge in [-0.15, -0.1) is 23.1 Å². The molecule has 0 aliphatic carbocycles. The van der Waals surface area contributed by atoms with Crippen LogP contribution >= 0.6 is 23.1 Å². The summed E-state index contributed by atoms with van der Waals surface area (Å²) < 4.78 is 31.8. The van der Waals surface area contributed by atoms with Crippen molar-refractivity contribution in [3.8, 4) is 11.3 Å². The van der Waals surface area contributed by atoms with E-state index in [0.717, 1.165) is 23.5 Å². The van der Waals surface area contributed by atoms with Gasteiger partial charge in [-0.1, -0.05) is 0 Å². The molecule has 11 heteroatoms. The number of hydrogen-bond acceptors (Lipinski definition) is 7. The lowest BCUT2D eigenvalue weighted by Gasteiger charge is -2.29. The highest BCUT2D eigenvalue weighted by Gasteiger charge is 2.53. The summed E-state index contributed by atoms with van der Waals surface area (Å²) in [5.41, 5.74) is 0.742. The summed E-state index contributed by atoms with van der Waals surface area (Å²) in [4.78, 5) is 42.6. The summed E-state index contributed by atoms with van der Waals surface area (Å²) in [5.74, 6) is -2.80. The number of amides is 2.